The van der Waals surface area contributed by atoms with Gasteiger partial charge < -0.3 is 25.3 Å². The summed E-state index contributed by atoms with van der Waals surface area (Å²) < 4.78 is 5.22. The molecule has 0 unspecified atom stereocenters. The van der Waals surface area contributed by atoms with E-state index >= 15 is 0 Å². The van der Waals surface area contributed by atoms with E-state index in [1.807, 2.05) is 18.7 Å². The van der Waals surface area contributed by atoms with Crippen molar-refractivity contribution >= 4 is 29.1 Å². The van der Waals surface area contributed by atoms with Gasteiger partial charge in [0.25, 0.3) is 11.8 Å². The van der Waals surface area contributed by atoms with Crippen LogP contribution >= 0.6 is 0 Å². The Morgan fingerprint density at radius 3 is 2.23 bits per heavy atom. The number of carbonyl (C=O) groups is 3. The fourth-order valence-corrected chi connectivity index (χ4v) is 3.61. The molecule has 2 aromatic carbocycles. The number of hydrogen-bond acceptors (Lipinski definition) is 5. The third-order valence-corrected chi connectivity index (χ3v) is 5.25. The molecule has 3 aromatic rings. The van der Waals surface area contributed by atoms with Gasteiger partial charge in [-0.05, 0) is 61.4 Å². The van der Waals surface area contributed by atoms with Crippen molar-refractivity contribution in [2.24, 2.45) is 0 Å². The van der Waals surface area contributed by atoms with Gasteiger partial charge in [0.2, 0.25) is 5.91 Å². The summed E-state index contributed by atoms with van der Waals surface area (Å²) in [6.45, 7) is 5.79. The van der Waals surface area contributed by atoms with Gasteiger partial charge in [-0.3, -0.25) is 14.4 Å². The van der Waals surface area contributed by atoms with Crippen LogP contribution in [0, 0.1) is 0 Å². The van der Waals surface area contributed by atoms with Crippen LogP contribution in [-0.2, 0) is 11.3 Å². The maximum Gasteiger partial charge on any atom is 0.253 e. The predicted molar refractivity (Wildman–Crippen MR) is 136 cm³/mol. The third kappa shape index (κ3) is 7.74. The first-order chi connectivity index (χ1) is 17.0. The van der Waals surface area contributed by atoms with Gasteiger partial charge in [-0.25, -0.2) is 0 Å². The number of hydrogen-bond donors (Lipinski definition) is 3. The number of nitrogens with one attached hydrogen (secondary N) is 3. The maximum absolute atomic E-state index is 12.8. The second-order valence-corrected chi connectivity index (χ2v) is 8.12. The van der Waals surface area contributed by atoms with Crippen molar-refractivity contribution in [2.75, 3.05) is 30.3 Å². The van der Waals surface area contributed by atoms with E-state index in [4.69, 9.17) is 4.42 Å². The van der Waals surface area contributed by atoms with E-state index in [1.54, 1.807) is 66.9 Å². The Hall–Kier alpha value is -4.07. The number of nitrogens with zero attached hydrogens (tertiary/aromatic N) is 1. The molecule has 0 fully saturated rings. The minimum Gasteiger partial charge on any atom is -0.467 e. The Morgan fingerprint density at radius 1 is 0.857 bits per heavy atom. The largest absolute Gasteiger partial charge is 0.467 e. The predicted octanol–water partition coefficient (Wildman–Crippen LogP) is 4.52. The highest BCUT2D eigenvalue weighted by Crippen LogP contribution is 2.15. The van der Waals surface area contributed by atoms with Gasteiger partial charge in [0, 0.05) is 35.6 Å². The molecule has 184 valence electrons. The first kappa shape index (κ1) is 25.6. The van der Waals surface area contributed by atoms with E-state index < -0.39 is 0 Å². The molecule has 3 amide bonds. The second kappa shape index (κ2) is 13.0. The molecule has 3 rings (SSSR count). The zero-order chi connectivity index (χ0) is 25.0. The molecule has 8 nitrogen and oxygen atoms in total. The summed E-state index contributed by atoms with van der Waals surface area (Å²) in [5, 5.41) is 8.65. The monoisotopic (exact) mass is 476 g/mol. The summed E-state index contributed by atoms with van der Waals surface area (Å²) in [7, 11) is 0. The molecule has 0 saturated heterocycles. The molecule has 1 aromatic heterocycles. The Balaban J connectivity index is 1.54. The van der Waals surface area contributed by atoms with Crippen LogP contribution in [0.4, 0.5) is 11.4 Å². The maximum atomic E-state index is 12.8. The van der Waals surface area contributed by atoms with Gasteiger partial charge in [0.1, 0.15) is 5.76 Å². The normalized spacial score (nSPS) is 10.5. The lowest BCUT2D eigenvalue weighted by atomic mass is 10.1. The average Bonchev–Trinajstić information content (AvgIpc) is 3.39. The molecule has 0 spiro atoms. The number of carbonyl (C=O) groups excluding carboxylic acids is 3. The fourth-order valence-electron chi connectivity index (χ4n) is 3.61. The van der Waals surface area contributed by atoms with Crippen LogP contribution in [0.25, 0.3) is 0 Å². The topological polar surface area (TPSA) is 104 Å². The summed E-state index contributed by atoms with van der Waals surface area (Å²) in [4.78, 5) is 39.6. The first-order valence-corrected chi connectivity index (χ1v) is 11.8. The van der Waals surface area contributed by atoms with Crippen molar-refractivity contribution in [1.82, 2.24) is 10.2 Å². The second-order valence-electron chi connectivity index (χ2n) is 8.12. The lowest BCUT2D eigenvalue weighted by Crippen LogP contribution is -2.32. The quantitative estimate of drug-likeness (QED) is 0.357. The molecule has 0 aliphatic rings. The van der Waals surface area contributed by atoms with Crippen molar-refractivity contribution in [1.29, 1.82) is 0 Å². The average molecular weight is 477 g/mol. The fraction of sp³-hybridized carbons (Fsp3) is 0.296. The van der Waals surface area contributed by atoms with Crippen LogP contribution in [0.5, 0.6) is 0 Å². The third-order valence-electron chi connectivity index (χ3n) is 5.25. The molecule has 0 aliphatic heterocycles. The molecule has 8 heteroatoms. The van der Waals surface area contributed by atoms with Gasteiger partial charge in [-0.1, -0.05) is 26.0 Å². The van der Waals surface area contributed by atoms with Gasteiger partial charge in [0.15, 0.2) is 0 Å². The Labute approximate surface area is 205 Å². The minimum absolute atomic E-state index is 0.00738. The van der Waals surface area contributed by atoms with Crippen molar-refractivity contribution in [2.45, 2.75) is 33.2 Å². The highest BCUT2D eigenvalue weighted by molar-refractivity contribution is 5.98. The van der Waals surface area contributed by atoms with Gasteiger partial charge in [0.05, 0.1) is 19.4 Å². The number of furan rings is 1. The summed E-state index contributed by atoms with van der Waals surface area (Å²) in [6, 6.07) is 17.4. The van der Waals surface area contributed by atoms with Crippen LogP contribution < -0.4 is 16.0 Å². The molecule has 0 aliphatic carbocycles. The lowest BCUT2D eigenvalue weighted by molar-refractivity contribution is -0.114. The number of anilines is 2. The molecule has 0 saturated carbocycles. The highest BCUT2D eigenvalue weighted by Gasteiger charge is 2.15. The van der Waals surface area contributed by atoms with Gasteiger partial charge >= 0.3 is 0 Å². The molecule has 35 heavy (non-hydrogen) atoms. The summed E-state index contributed by atoms with van der Waals surface area (Å²) in [5.74, 6) is 0.126. The lowest BCUT2D eigenvalue weighted by Gasteiger charge is -2.21. The Kier molecular flexibility index (Phi) is 9.48. The van der Waals surface area contributed by atoms with Crippen LogP contribution in [0.3, 0.4) is 0 Å². The van der Waals surface area contributed by atoms with E-state index in [9.17, 15) is 14.4 Å². The molecular weight excluding hydrogens is 444 g/mol. The summed E-state index contributed by atoms with van der Waals surface area (Å²) in [5.41, 5.74) is 2.22. The summed E-state index contributed by atoms with van der Waals surface area (Å²) in [6.07, 6.45) is 3.33. The van der Waals surface area contributed by atoms with Crippen molar-refractivity contribution in [3.63, 3.8) is 0 Å². The highest BCUT2D eigenvalue weighted by atomic mass is 16.3. The van der Waals surface area contributed by atoms with Crippen LogP contribution in [0.2, 0.25) is 0 Å². The Bertz CT molecular complexity index is 1120. The number of benzene rings is 2. The molecule has 3 N–H and O–H groups in total. The van der Waals surface area contributed by atoms with E-state index in [1.165, 1.54) is 0 Å². The van der Waals surface area contributed by atoms with E-state index in [0.717, 1.165) is 12.8 Å². The zero-order valence-corrected chi connectivity index (χ0v) is 20.2. The first-order valence-electron chi connectivity index (χ1n) is 11.8. The number of rotatable bonds is 12. The van der Waals surface area contributed by atoms with Gasteiger partial charge in [-0.2, -0.15) is 0 Å². The van der Waals surface area contributed by atoms with Crippen molar-refractivity contribution in [3.05, 3.63) is 83.8 Å². The van der Waals surface area contributed by atoms with Crippen LogP contribution in [0.1, 0.15) is 53.2 Å². The SMILES string of the molecule is CCCN(CCC)C(=O)c1cccc(NC(=O)CNc2cccc(C(=O)NCc3ccco3)c2)c1. The van der Waals surface area contributed by atoms with Crippen molar-refractivity contribution in [3.8, 4) is 0 Å². The molecule has 0 atom stereocenters. The Morgan fingerprint density at radius 2 is 1.54 bits per heavy atom. The van der Waals surface area contributed by atoms with Crippen LogP contribution in [0.15, 0.2) is 71.3 Å². The minimum atomic E-state index is -0.263. The van der Waals surface area contributed by atoms with E-state index in [0.29, 0.717) is 47.9 Å². The summed E-state index contributed by atoms with van der Waals surface area (Å²) >= 11 is 0. The molecule has 1 heterocycles. The smallest absolute Gasteiger partial charge is 0.253 e. The van der Waals surface area contributed by atoms with E-state index in [-0.39, 0.29) is 24.3 Å². The standard InChI is InChI=1S/C27H32N4O4/c1-3-13-31(14-4-2)27(34)21-9-6-11-23(17-21)30-25(32)19-28-22-10-5-8-20(16-22)26(33)29-18-24-12-7-15-35-24/h5-12,15-17,28H,3-4,13-14,18-19H2,1-2H3,(H,29,33)(H,30,32). The molecular formula is C27H32N4O4. The molecule has 0 radical (unpaired) electrons. The van der Waals surface area contributed by atoms with Crippen molar-refractivity contribution < 1.29 is 18.8 Å². The van der Waals surface area contributed by atoms with Crippen LogP contribution in [-0.4, -0.2) is 42.3 Å². The van der Waals surface area contributed by atoms with E-state index in [2.05, 4.69) is 16.0 Å². The van der Waals surface area contributed by atoms with Gasteiger partial charge in [-0.15, -0.1) is 0 Å². The molecule has 0 bridgehead atoms. The zero-order valence-electron chi connectivity index (χ0n) is 20.2. The number of amides is 3.